The number of hydrogen-bond acceptors (Lipinski definition) is 7. The highest BCUT2D eigenvalue weighted by Crippen LogP contribution is 2.33. The van der Waals surface area contributed by atoms with Crippen LogP contribution in [0.25, 0.3) is 17.4 Å². The Morgan fingerprint density at radius 3 is 2.71 bits per heavy atom. The summed E-state index contributed by atoms with van der Waals surface area (Å²) in [6.07, 6.45) is 3.50. The molecule has 0 fully saturated rings. The number of hydrogen-bond donors (Lipinski definition) is 1. The summed E-state index contributed by atoms with van der Waals surface area (Å²) in [6.45, 7) is 0. The van der Waals surface area contributed by atoms with E-state index < -0.39 is 10.8 Å². The summed E-state index contributed by atoms with van der Waals surface area (Å²) in [5, 5.41) is 24.1. The Kier molecular flexibility index (Phi) is 7.27. The summed E-state index contributed by atoms with van der Waals surface area (Å²) in [5.74, 6) is -0.0740. The molecule has 0 aliphatic heterocycles. The van der Waals surface area contributed by atoms with Crippen LogP contribution in [0.3, 0.4) is 0 Å². The monoisotopic (exact) mass is 524 g/mol. The summed E-state index contributed by atoms with van der Waals surface area (Å²) < 4.78 is 5.68. The summed E-state index contributed by atoms with van der Waals surface area (Å²) in [6, 6.07) is 16.5. The molecule has 4 rings (SSSR count). The average molecular weight is 525 g/mol. The van der Waals surface area contributed by atoms with Crippen LogP contribution in [0, 0.1) is 21.4 Å². The van der Waals surface area contributed by atoms with E-state index in [9.17, 15) is 20.2 Å². The van der Waals surface area contributed by atoms with Gasteiger partial charge in [-0.05, 0) is 29.8 Å². The number of non-ortho nitro benzene ring substituents is 1. The summed E-state index contributed by atoms with van der Waals surface area (Å²) in [4.78, 5) is 28.1. The maximum atomic E-state index is 12.6. The second-order valence-corrected chi connectivity index (χ2v) is 9.08. The molecule has 35 heavy (non-hydrogen) atoms. The third-order valence-electron chi connectivity index (χ3n) is 4.80. The topological polar surface area (TPSA) is 122 Å². The van der Waals surface area contributed by atoms with Crippen molar-refractivity contribution in [1.82, 2.24) is 4.98 Å². The predicted octanol–water partition coefficient (Wildman–Crippen LogP) is 6.75. The first-order chi connectivity index (χ1) is 16.8. The molecule has 8 nitrogen and oxygen atoms in total. The molecule has 1 N–H and O–H groups in total. The highest BCUT2D eigenvalue weighted by molar-refractivity contribution is 7.15. The van der Waals surface area contributed by atoms with Gasteiger partial charge in [0.2, 0.25) is 0 Å². The molecule has 2 heterocycles. The van der Waals surface area contributed by atoms with Crippen molar-refractivity contribution in [3.63, 3.8) is 0 Å². The number of nitro groups is 1. The van der Waals surface area contributed by atoms with Gasteiger partial charge in [-0.25, -0.2) is 4.98 Å². The van der Waals surface area contributed by atoms with Crippen LogP contribution in [0.15, 0.2) is 70.8 Å². The standard InChI is InChI=1S/C24H14Cl2N4O4S/c25-20-4-2-1-3-14(20)10-18-13-28-24(35-18)29-23(31)15(12-27)9-17-6-8-22(34-17)19-7-5-16(30(32)33)11-21(19)26/h1-9,11,13H,10H2,(H,28,29,31). The van der Waals surface area contributed by atoms with Crippen molar-refractivity contribution in [3.05, 3.63) is 103 Å². The third kappa shape index (κ3) is 5.75. The molecule has 0 bridgehead atoms. The average Bonchev–Trinajstić information content (AvgIpc) is 3.48. The molecule has 0 spiro atoms. The van der Waals surface area contributed by atoms with Gasteiger partial charge in [0.25, 0.3) is 11.6 Å². The Hall–Kier alpha value is -3.97. The number of anilines is 1. The van der Waals surface area contributed by atoms with E-state index in [0.717, 1.165) is 10.4 Å². The van der Waals surface area contributed by atoms with E-state index in [1.165, 1.54) is 35.6 Å². The third-order valence-corrected chi connectivity index (χ3v) is 6.40. The van der Waals surface area contributed by atoms with Gasteiger partial charge in [-0.2, -0.15) is 5.26 Å². The minimum absolute atomic E-state index is 0.138. The van der Waals surface area contributed by atoms with Crippen molar-refractivity contribution < 1.29 is 14.1 Å². The number of aromatic nitrogens is 1. The molecule has 1 amide bonds. The molecule has 0 saturated heterocycles. The summed E-state index contributed by atoms with van der Waals surface area (Å²) >= 11 is 13.6. The van der Waals surface area contributed by atoms with Crippen molar-refractivity contribution in [1.29, 1.82) is 5.26 Å². The smallest absolute Gasteiger partial charge is 0.270 e. The molecule has 2 aromatic heterocycles. The molecular weight excluding hydrogens is 511 g/mol. The molecule has 11 heteroatoms. The van der Waals surface area contributed by atoms with Crippen LogP contribution in [0.5, 0.6) is 0 Å². The van der Waals surface area contributed by atoms with Crippen LogP contribution in [0.1, 0.15) is 16.2 Å². The van der Waals surface area contributed by atoms with E-state index in [0.29, 0.717) is 27.9 Å². The summed E-state index contributed by atoms with van der Waals surface area (Å²) in [5.41, 5.74) is 1.04. The fraction of sp³-hybridized carbons (Fsp3) is 0.0417. The minimum atomic E-state index is -0.641. The van der Waals surface area contributed by atoms with Crippen LogP contribution in [-0.2, 0) is 11.2 Å². The van der Waals surface area contributed by atoms with Gasteiger partial charge < -0.3 is 4.42 Å². The number of furan rings is 1. The zero-order chi connectivity index (χ0) is 24.9. The zero-order valence-corrected chi connectivity index (χ0v) is 20.0. The van der Waals surface area contributed by atoms with E-state index in [1.54, 1.807) is 24.4 Å². The summed E-state index contributed by atoms with van der Waals surface area (Å²) in [7, 11) is 0. The number of carbonyl (C=O) groups excluding carboxylic acids is 1. The molecule has 174 valence electrons. The van der Waals surface area contributed by atoms with Gasteiger partial charge in [0, 0.05) is 46.3 Å². The van der Waals surface area contributed by atoms with Gasteiger partial charge in [-0.15, -0.1) is 11.3 Å². The van der Waals surface area contributed by atoms with Crippen LogP contribution >= 0.6 is 34.5 Å². The maximum Gasteiger partial charge on any atom is 0.270 e. The first-order valence-corrected chi connectivity index (χ1v) is 11.6. The van der Waals surface area contributed by atoms with Crippen molar-refractivity contribution in [3.8, 4) is 17.4 Å². The number of halogens is 2. The molecule has 0 saturated carbocycles. The van der Waals surface area contributed by atoms with Gasteiger partial charge in [-0.3, -0.25) is 20.2 Å². The van der Waals surface area contributed by atoms with Crippen molar-refractivity contribution in [2.24, 2.45) is 0 Å². The molecule has 0 atom stereocenters. The quantitative estimate of drug-likeness (QED) is 0.123. The Balaban J connectivity index is 1.47. The number of nitriles is 1. The fourth-order valence-corrected chi connectivity index (χ4v) is 4.43. The largest absolute Gasteiger partial charge is 0.457 e. The number of thiazole rings is 1. The highest BCUT2D eigenvalue weighted by atomic mass is 35.5. The molecule has 0 unspecified atom stereocenters. The zero-order valence-electron chi connectivity index (χ0n) is 17.7. The first-order valence-electron chi connectivity index (χ1n) is 9.99. The Labute approximate surface area is 213 Å². The maximum absolute atomic E-state index is 12.6. The lowest BCUT2D eigenvalue weighted by Crippen LogP contribution is -2.13. The predicted molar refractivity (Wildman–Crippen MR) is 134 cm³/mol. The molecule has 2 aromatic carbocycles. The van der Waals surface area contributed by atoms with E-state index in [4.69, 9.17) is 27.6 Å². The van der Waals surface area contributed by atoms with Crippen molar-refractivity contribution in [2.45, 2.75) is 6.42 Å². The van der Waals surface area contributed by atoms with Crippen molar-refractivity contribution >= 4 is 57.3 Å². The molecule has 4 aromatic rings. The number of nitro benzene ring substituents is 1. The SMILES string of the molecule is N#CC(=Cc1ccc(-c2ccc([N+](=O)[O-])cc2Cl)o1)C(=O)Nc1ncc(Cc2ccccc2Cl)s1. The molecule has 0 radical (unpaired) electrons. The number of benzene rings is 2. The van der Waals surface area contributed by atoms with E-state index >= 15 is 0 Å². The fourth-order valence-electron chi connectivity index (χ4n) is 3.12. The van der Waals surface area contributed by atoms with Gasteiger partial charge in [-0.1, -0.05) is 41.4 Å². The Bertz CT molecular complexity index is 1500. The second kappa shape index (κ2) is 10.5. The first kappa shape index (κ1) is 24.2. The van der Waals surface area contributed by atoms with Gasteiger partial charge >= 0.3 is 0 Å². The Morgan fingerprint density at radius 1 is 1.20 bits per heavy atom. The number of rotatable bonds is 7. The number of nitrogens with zero attached hydrogens (tertiary/aromatic N) is 3. The normalized spacial score (nSPS) is 11.2. The molecule has 0 aliphatic carbocycles. The van der Waals surface area contributed by atoms with Crippen LogP contribution in [-0.4, -0.2) is 15.8 Å². The molecular formula is C24H14Cl2N4O4S. The lowest BCUT2D eigenvalue weighted by Gasteiger charge is -2.01. The lowest BCUT2D eigenvalue weighted by atomic mass is 10.1. The number of amides is 1. The Morgan fingerprint density at radius 2 is 2.00 bits per heavy atom. The lowest BCUT2D eigenvalue weighted by molar-refractivity contribution is -0.384. The van der Waals surface area contributed by atoms with E-state index in [-0.39, 0.29) is 22.0 Å². The van der Waals surface area contributed by atoms with E-state index in [2.05, 4.69) is 10.3 Å². The number of nitrogens with one attached hydrogen (secondary N) is 1. The van der Waals surface area contributed by atoms with E-state index in [1.807, 2.05) is 24.3 Å². The van der Waals surface area contributed by atoms with Gasteiger partial charge in [0.1, 0.15) is 23.2 Å². The number of carbonyl (C=O) groups is 1. The second-order valence-electron chi connectivity index (χ2n) is 7.15. The van der Waals surface area contributed by atoms with Crippen molar-refractivity contribution in [2.75, 3.05) is 5.32 Å². The van der Waals surface area contributed by atoms with Gasteiger partial charge in [0.15, 0.2) is 5.13 Å². The van der Waals surface area contributed by atoms with Crippen LogP contribution in [0.4, 0.5) is 10.8 Å². The molecule has 0 aliphatic rings. The highest BCUT2D eigenvalue weighted by Gasteiger charge is 2.16. The van der Waals surface area contributed by atoms with Gasteiger partial charge in [0.05, 0.1) is 9.95 Å². The van der Waals surface area contributed by atoms with Crippen LogP contribution < -0.4 is 5.32 Å². The minimum Gasteiger partial charge on any atom is -0.457 e. The van der Waals surface area contributed by atoms with Crippen LogP contribution in [0.2, 0.25) is 10.0 Å².